The number of hydrogen-bond acceptors (Lipinski definition) is 1. The van der Waals surface area contributed by atoms with E-state index in [9.17, 15) is 4.79 Å². The standard InChI is InChI=1S/C11H6Cl2INO2/c12-7-2-1-3-8(10(7)13)15-5-6(14)4-9(15)11(16)17/h1-5H,(H,16,17). The van der Waals surface area contributed by atoms with Crippen LogP contribution < -0.4 is 0 Å². The zero-order chi connectivity index (χ0) is 12.6. The fourth-order valence-electron chi connectivity index (χ4n) is 1.47. The second kappa shape index (κ2) is 4.88. The van der Waals surface area contributed by atoms with Gasteiger partial charge in [-0.05, 0) is 40.8 Å². The molecule has 0 spiro atoms. The van der Waals surface area contributed by atoms with E-state index in [0.717, 1.165) is 3.57 Å². The number of benzene rings is 1. The smallest absolute Gasteiger partial charge is 0.352 e. The highest BCUT2D eigenvalue weighted by atomic mass is 127. The lowest BCUT2D eigenvalue weighted by Gasteiger charge is -2.09. The zero-order valence-electron chi connectivity index (χ0n) is 8.32. The Balaban J connectivity index is 2.68. The van der Waals surface area contributed by atoms with Gasteiger partial charge in [0, 0.05) is 9.77 Å². The summed E-state index contributed by atoms with van der Waals surface area (Å²) in [4.78, 5) is 11.1. The van der Waals surface area contributed by atoms with E-state index in [1.165, 1.54) is 4.57 Å². The third-order valence-corrected chi connectivity index (χ3v) is 3.60. The van der Waals surface area contributed by atoms with Gasteiger partial charge in [0.1, 0.15) is 5.69 Å². The fourth-order valence-corrected chi connectivity index (χ4v) is 2.43. The van der Waals surface area contributed by atoms with Crippen LogP contribution in [0.2, 0.25) is 10.0 Å². The monoisotopic (exact) mass is 381 g/mol. The SMILES string of the molecule is O=C(O)c1cc(I)cn1-c1cccc(Cl)c1Cl. The number of carbonyl (C=O) groups is 1. The molecule has 2 aromatic rings. The average Bonchev–Trinajstić information content (AvgIpc) is 2.64. The third kappa shape index (κ3) is 2.43. The van der Waals surface area contributed by atoms with E-state index in [1.54, 1.807) is 30.5 Å². The second-order valence-electron chi connectivity index (χ2n) is 3.29. The summed E-state index contributed by atoms with van der Waals surface area (Å²) in [6, 6.07) is 6.67. The maximum absolute atomic E-state index is 11.1. The molecule has 1 aromatic carbocycles. The molecule has 0 bridgehead atoms. The summed E-state index contributed by atoms with van der Waals surface area (Å²) in [5.41, 5.74) is 0.707. The van der Waals surface area contributed by atoms with Gasteiger partial charge in [0.15, 0.2) is 0 Å². The van der Waals surface area contributed by atoms with Crippen LogP contribution in [-0.2, 0) is 0 Å². The number of carboxylic acids is 1. The van der Waals surface area contributed by atoms with Crippen LogP contribution in [0.25, 0.3) is 5.69 Å². The number of nitrogens with zero attached hydrogens (tertiary/aromatic N) is 1. The van der Waals surface area contributed by atoms with Crippen LogP contribution in [-0.4, -0.2) is 15.6 Å². The molecule has 0 aliphatic rings. The molecule has 0 radical (unpaired) electrons. The van der Waals surface area contributed by atoms with Gasteiger partial charge in [0.25, 0.3) is 0 Å². The highest BCUT2D eigenvalue weighted by Crippen LogP contribution is 2.30. The Kier molecular flexibility index (Phi) is 3.65. The van der Waals surface area contributed by atoms with Crippen LogP contribution in [0.15, 0.2) is 30.5 Å². The topological polar surface area (TPSA) is 42.2 Å². The summed E-state index contributed by atoms with van der Waals surface area (Å²) in [5.74, 6) is -1.01. The molecule has 88 valence electrons. The Bertz CT molecular complexity index is 595. The predicted molar refractivity (Wildman–Crippen MR) is 75.5 cm³/mol. The molecule has 0 amide bonds. The van der Waals surface area contributed by atoms with E-state index in [-0.39, 0.29) is 5.69 Å². The van der Waals surface area contributed by atoms with Gasteiger partial charge in [-0.25, -0.2) is 4.79 Å². The van der Waals surface area contributed by atoms with Gasteiger partial charge in [-0.1, -0.05) is 29.3 Å². The number of rotatable bonds is 2. The lowest BCUT2D eigenvalue weighted by molar-refractivity contribution is 0.0688. The van der Waals surface area contributed by atoms with E-state index in [1.807, 2.05) is 22.6 Å². The fraction of sp³-hybridized carbons (Fsp3) is 0. The largest absolute Gasteiger partial charge is 0.477 e. The summed E-state index contributed by atoms with van der Waals surface area (Å²) in [5, 5.41) is 9.83. The maximum Gasteiger partial charge on any atom is 0.352 e. The van der Waals surface area contributed by atoms with E-state index in [2.05, 4.69) is 0 Å². The Hall–Kier alpha value is -0.720. The summed E-state index contributed by atoms with van der Waals surface area (Å²) in [7, 11) is 0. The van der Waals surface area contributed by atoms with Gasteiger partial charge in [-0.15, -0.1) is 0 Å². The maximum atomic E-state index is 11.1. The van der Waals surface area contributed by atoms with Crippen LogP contribution in [0.1, 0.15) is 10.5 Å². The Morgan fingerprint density at radius 1 is 1.35 bits per heavy atom. The Morgan fingerprint density at radius 3 is 2.71 bits per heavy atom. The first-order valence-corrected chi connectivity index (χ1v) is 6.39. The van der Waals surface area contributed by atoms with Crippen molar-refractivity contribution < 1.29 is 9.90 Å². The summed E-state index contributed by atoms with van der Waals surface area (Å²) in [6.45, 7) is 0. The minimum absolute atomic E-state index is 0.151. The van der Waals surface area contributed by atoms with Gasteiger partial charge in [-0.2, -0.15) is 0 Å². The van der Waals surface area contributed by atoms with E-state index >= 15 is 0 Å². The first-order valence-electron chi connectivity index (χ1n) is 4.56. The van der Waals surface area contributed by atoms with Crippen molar-refractivity contribution in [3.8, 4) is 5.69 Å². The molecule has 0 atom stereocenters. The van der Waals surface area contributed by atoms with E-state index < -0.39 is 5.97 Å². The summed E-state index contributed by atoms with van der Waals surface area (Å²) in [6.07, 6.45) is 1.70. The molecule has 2 rings (SSSR count). The number of carboxylic acid groups (broad SMARTS) is 1. The minimum Gasteiger partial charge on any atom is -0.477 e. The number of hydrogen-bond donors (Lipinski definition) is 1. The molecule has 1 N–H and O–H groups in total. The van der Waals surface area contributed by atoms with Crippen molar-refractivity contribution in [2.75, 3.05) is 0 Å². The molecule has 17 heavy (non-hydrogen) atoms. The van der Waals surface area contributed by atoms with Gasteiger partial charge >= 0.3 is 5.97 Å². The van der Waals surface area contributed by atoms with Crippen LogP contribution in [0.5, 0.6) is 0 Å². The molecular formula is C11H6Cl2INO2. The molecule has 0 fully saturated rings. The zero-order valence-corrected chi connectivity index (χ0v) is 12.0. The van der Waals surface area contributed by atoms with Crippen molar-refractivity contribution in [1.29, 1.82) is 0 Å². The number of aromatic carboxylic acids is 1. The first kappa shape index (κ1) is 12.7. The van der Waals surface area contributed by atoms with Crippen molar-refractivity contribution in [2.45, 2.75) is 0 Å². The molecule has 0 aliphatic carbocycles. The van der Waals surface area contributed by atoms with Crippen molar-refractivity contribution >= 4 is 51.8 Å². The van der Waals surface area contributed by atoms with E-state index in [0.29, 0.717) is 15.7 Å². The van der Waals surface area contributed by atoms with Crippen molar-refractivity contribution in [3.63, 3.8) is 0 Å². The highest BCUT2D eigenvalue weighted by molar-refractivity contribution is 14.1. The molecule has 1 aromatic heterocycles. The van der Waals surface area contributed by atoms with Crippen LogP contribution >= 0.6 is 45.8 Å². The molecule has 0 unspecified atom stereocenters. The van der Waals surface area contributed by atoms with Crippen LogP contribution in [0.4, 0.5) is 0 Å². The molecule has 1 heterocycles. The lowest BCUT2D eigenvalue weighted by Crippen LogP contribution is -2.06. The first-order chi connectivity index (χ1) is 8.00. The van der Waals surface area contributed by atoms with Gasteiger partial charge < -0.3 is 9.67 Å². The Morgan fingerprint density at radius 2 is 2.06 bits per heavy atom. The average molecular weight is 382 g/mol. The van der Waals surface area contributed by atoms with Crippen molar-refractivity contribution in [1.82, 2.24) is 4.57 Å². The molecule has 0 saturated heterocycles. The van der Waals surface area contributed by atoms with E-state index in [4.69, 9.17) is 28.3 Å². The normalized spacial score (nSPS) is 10.5. The molecule has 0 aliphatic heterocycles. The van der Waals surface area contributed by atoms with Gasteiger partial charge in [0.2, 0.25) is 0 Å². The predicted octanol–water partition coefficient (Wildman–Crippen LogP) is 4.09. The van der Waals surface area contributed by atoms with Crippen LogP contribution in [0, 0.1) is 3.57 Å². The minimum atomic E-state index is -1.01. The van der Waals surface area contributed by atoms with Crippen molar-refractivity contribution in [3.05, 3.63) is 49.8 Å². The quantitative estimate of drug-likeness (QED) is 0.796. The lowest BCUT2D eigenvalue weighted by atomic mass is 10.3. The molecular weight excluding hydrogens is 376 g/mol. The highest BCUT2D eigenvalue weighted by Gasteiger charge is 2.15. The summed E-state index contributed by atoms with van der Waals surface area (Å²) < 4.78 is 2.33. The Labute approximate surface area is 121 Å². The molecule has 3 nitrogen and oxygen atoms in total. The van der Waals surface area contributed by atoms with Crippen molar-refractivity contribution in [2.24, 2.45) is 0 Å². The number of aromatic nitrogens is 1. The molecule has 6 heteroatoms. The number of halogens is 3. The van der Waals surface area contributed by atoms with Gasteiger partial charge in [-0.3, -0.25) is 0 Å². The van der Waals surface area contributed by atoms with Gasteiger partial charge in [0.05, 0.1) is 15.7 Å². The third-order valence-electron chi connectivity index (χ3n) is 2.20. The van der Waals surface area contributed by atoms with Crippen LogP contribution in [0.3, 0.4) is 0 Å². The second-order valence-corrected chi connectivity index (χ2v) is 5.32. The molecule has 0 saturated carbocycles. The summed E-state index contributed by atoms with van der Waals surface area (Å²) >= 11 is 14.0.